The first kappa shape index (κ1) is 18.0. The van der Waals surface area contributed by atoms with Crippen LogP contribution in [0.4, 0.5) is 0 Å². The predicted molar refractivity (Wildman–Crippen MR) is 88.7 cm³/mol. The van der Waals surface area contributed by atoms with Gasteiger partial charge in [-0.1, -0.05) is 37.3 Å². The zero-order chi connectivity index (χ0) is 17.7. The van der Waals surface area contributed by atoms with Crippen LogP contribution in [-0.2, 0) is 14.4 Å². The van der Waals surface area contributed by atoms with Crippen molar-refractivity contribution in [3.05, 3.63) is 35.9 Å². The lowest BCUT2D eigenvalue weighted by molar-refractivity contribution is -0.306. The van der Waals surface area contributed by atoms with E-state index >= 15 is 0 Å². The van der Waals surface area contributed by atoms with Gasteiger partial charge >= 0.3 is 0 Å². The van der Waals surface area contributed by atoms with Crippen molar-refractivity contribution in [2.24, 2.45) is 10.9 Å². The number of benzene rings is 1. The van der Waals surface area contributed by atoms with Crippen LogP contribution in [0, 0.1) is 5.92 Å². The van der Waals surface area contributed by atoms with E-state index in [1.807, 2.05) is 37.3 Å². The Morgan fingerprint density at radius 1 is 1.25 bits per heavy atom. The van der Waals surface area contributed by atoms with E-state index in [-0.39, 0.29) is 23.9 Å². The van der Waals surface area contributed by atoms with Gasteiger partial charge in [0.2, 0.25) is 0 Å². The third-order valence-corrected chi connectivity index (χ3v) is 4.35. The van der Waals surface area contributed by atoms with Crippen molar-refractivity contribution in [3.8, 4) is 0 Å². The molecule has 0 unspecified atom stereocenters. The summed E-state index contributed by atoms with van der Waals surface area (Å²) in [5.41, 5.74) is 1.39. The van der Waals surface area contributed by atoms with Crippen molar-refractivity contribution < 1.29 is 19.5 Å². The Balaban J connectivity index is 2.34. The molecule has 1 aliphatic carbocycles. The van der Waals surface area contributed by atoms with E-state index in [0.29, 0.717) is 25.0 Å². The summed E-state index contributed by atoms with van der Waals surface area (Å²) in [6.45, 7) is 3.28. The molecule has 1 saturated carbocycles. The van der Waals surface area contributed by atoms with Crippen molar-refractivity contribution in [1.29, 1.82) is 0 Å². The topological polar surface area (TPSA) is 86.6 Å². The molecule has 0 radical (unpaired) electrons. The smallest absolute Gasteiger partial charge is 0.149 e. The minimum atomic E-state index is -1.31. The van der Waals surface area contributed by atoms with Gasteiger partial charge in [0.25, 0.3) is 0 Å². The molecule has 0 N–H and O–H groups in total. The number of Topliss-reactive ketones (excluding diaryl/α,β-unsaturated/α-hetero) is 2. The normalized spacial score (nSPS) is 23.9. The van der Waals surface area contributed by atoms with Gasteiger partial charge in [0.15, 0.2) is 0 Å². The SMILES string of the molecule is CCCC(=O)[C@H]1C(=O)C[C@@H](c2ccccc2)CC1=N[C@H](C)C(=O)[O-]. The Kier molecular flexibility index (Phi) is 6.01. The molecular formula is C19H22NO4-. The zero-order valence-electron chi connectivity index (χ0n) is 14.0. The van der Waals surface area contributed by atoms with E-state index in [4.69, 9.17) is 0 Å². The molecule has 0 spiro atoms. The number of carbonyl (C=O) groups is 3. The van der Waals surface area contributed by atoms with E-state index in [1.54, 1.807) is 0 Å². The van der Waals surface area contributed by atoms with Crippen LogP contribution in [0.3, 0.4) is 0 Å². The number of aliphatic carboxylic acids is 1. The van der Waals surface area contributed by atoms with Crippen molar-refractivity contribution in [2.75, 3.05) is 0 Å². The fourth-order valence-corrected chi connectivity index (χ4v) is 3.13. The molecule has 0 heterocycles. The predicted octanol–water partition coefficient (Wildman–Crippen LogP) is 1.70. The first-order valence-electron chi connectivity index (χ1n) is 8.31. The van der Waals surface area contributed by atoms with Crippen molar-refractivity contribution >= 4 is 23.2 Å². The lowest BCUT2D eigenvalue weighted by Gasteiger charge is -2.29. The van der Waals surface area contributed by atoms with Crippen molar-refractivity contribution in [2.45, 2.75) is 51.5 Å². The molecule has 1 aromatic carbocycles. The first-order valence-corrected chi connectivity index (χ1v) is 8.31. The second-order valence-corrected chi connectivity index (χ2v) is 6.25. The summed E-state index contributed by atoms with van der Waals surface area (Å²) in [4.78, 5) is 40.1. The number of rotatable bonds is 6. The molecule has 5 nitrogen and oxygen atoms in total. The molecule has 1 aliphatic rings. The van der Waals surface area contributed by atoms with Crippen molar-refractivity contribution in [3.63, 3.8) is 0 Å². The summed E-state index contributed by atoms with van der Waals surface area (Å²) in [5, 5.41) is 11.0. The Morgan fingerprint density at radius 2 is 1.92 bits per heavy atom. The highest BCUT2D eigenvalue weighted by Gasteiger charge is 2.38. The quantitative estimate of drug-likeness (QED) is 0.744. The average Bonchev–Trinajstić information content (AvgIpc) is 2.55. The molecule has 2 rings (SSSR count). The molecule has 0 amide bonds. The molecule has 1 aromatic rings. The van der Waals surface area contributed by atoms with Crippen LogP contribution in [0.15, 0.2) is 35.3 Å². The second kappa shape index (κ2) is 7.99. The lowest BCUT2D eigenvalue weighted by Crippen LogP contribution is -2.40. The molecule has 0 saturated heterocycles. The van der Waals surface area contributed by atoms with Crippen LogP contribution in [-0.4, -0.2) is 29.3 Å². The summed E-state index contributed by atoms with van der Waals surface area (Å²) in [6.07, 6.45) is 1.65. The zero-order valence-corrected chi connectivity index (χ0v) is 14.0. The number of aliphatic imine (C=N–C) groups is 1. The van der Waals surface area contributed by atoms with Crippen LogP contribution >= 0.6 is 0 Å². The molecular weight excluding hydrogens is 306 g/mol. The summed E-state index contributed by atoms with van der Waals surface area (Å²) in [7, 11) is 0. The Bertz CT molecular complexity index is 651. The van der Waals surface area contributed by atoms with Crippen molar-refractivity contribution in [1.82, 2.24) is 0 Å². The summed E-state index contributed by atoms with van der Waals surface area (Å²) >= 11 is 0. The van der Waals surface area contributed by atoms with Gasteiger partial charge in [0.1, 0.15) is 17.5 Å². The van der Waals surface area contributed by atoms with Crippen LogP contribution in [0.25, 0.3) is 0 Å². The largest absolute Gasteiger partial charge is 0.548 e. The van der Waals surface area contributed by atoms with Gasteiger partial charge in [-0.3, -0.25) is 14.6 Å². The number of hydrogen-bond acceptors (Lipinski definition) is 5. The highest BCUT2D eigenvalue weighted by Crippen LogP contribution is 2.33. The summed E-state index contributed by atoms with van der Waals surface area (Å²) in [5.74, 6) is -2.61. The third kappa shape index (κ3) is 4.16. The number of carboxylic acid groups (broad SMARTS) is 1. The van der Waals surface area contributed by atoms with Gasteiger partial charge in [-0.2, -0.15) is 0 Å². The van der Waals surface area contributed by atoms with Crippen LogP contribution in [0.2, 0.25) is 0 Å². The number of ketones is 2. The van der Waals surface area contributed by atoms with E-state index in [0.717, 1.165) is 5.56 Å². The van der Waals surface area contributed by atoms with E-state index in [1.165, 1.54) is 6.92 Å². The lowest BCUT2D eigenvalue weighted by atomic mass is 9.74. The fraction of sp³-hybridized carbons (Fsp3) is 0.474. The van der Waals surface area contributed by atoms with E-state index < -0.39 is 17.9 Å². The molecule has 128 valence electrons. The van der Waals surface area contributed by atoms with E-state index in [2.05, 4.69) is 4.99 Å². The monoisotopic (exact) mass is 328 g/mol. The third-order valence-electron chi connectivity index (χ3n) is 4.35. The van der Waals surface area contributed by atoms with Crippen LogP contribution in [0.5, 0.6) is 0 Å². The van der Waals surface area contributed by atoms with Gasteiger partial charge in [-0.25, -0.2) is 0 Å². The van der Waals surface area contributed by atoms with Gasteiger partial charge in [-0.05, 0) is 31.2 Å². The number of carbonyl (C=O) groups excluding carboxylic acids is 3. The maximum atomic E-state index is 12.6. The molecule has 0 aliphatic heterocycles. The number of hydrogen-bond donors (Lipinski definition) is 0. The number of carboxylic acids is 1. The molecule has 24 heavy (non-hydrogen) atoms. The van der Waals surface area contributed by atoms with Crippen LogP contribution < -0.4 is 5.11 Å². The Labute approximate surface area is 141 Å². The molecule has 0 bridgehead atoms. The van der Waals surface area contributed by atoms with Gasteiger partial charge in [0, 0.05) is 18.6 Å². The Morgan fingerprint density at radius 3 is 2.50 bits per heavy atom. The molecule has 0 aromatic heterocycles. The maximum absolute atomic E-state index is 12.6. The fourth-order valence-electron chi connectivity index (χ4n) is 3.13. The maximum Gasteiger partial charge on any atom is 0.149 e. The standard InChI is InChI=1S/C19H23NO4/c1-3-7-16(21)18-15(20-12(2)19(23)24)10-14(11-17(18)22)13-8-5-4-6-9-13/h4-6,8-9,12,14,18H,3,7,10-11H2,1-2H3,(H,23,24)/p-1/t12-,14+,18+/m1/s1. The van der Waals surface area contributed by atoms with Gasteiger partial charge in [0.05, 0.1) is 12.0 Å². The minimum Gasteiger partial charge on any atom is -0.548 e. The first-order chi connectivity index (χ1) is 11.4. The minimum absolute atomic E-state index is 0.0721. The van der Waals surface area contributed by atoms with E-state index in [9.17, 15) is 19.5 Å². The summed E-state index contributed by atoms with van der Waals surface area (Å²) < 4.78 is 0. The Hall–Kier alpha value is -2.30. The molecule has 3 atom stereocenters. The second-order valence-electron chi connectivity index (χ2n) is 6.25. The highest BCUT2D eigenvalue weighted by molar-refractivity contribution is 6.22. The highest BCUT2D eigenvalue weighted by atomic mass is 16.4. The number of nitrogens with zero attached hydrogens (tertiary/aromatic N) is 1. The van der Waals surface area contributed by atoms with Gasteiger partial charge in [-0.15, -0.1) is 0 Å². The average molecular weight is 328 g/mol. The molecule has 1 fully saturated rings. The van der Waals surface area contributed by atoms with Crippen LogP contribution in [0.1, 0.15) is 51.0 Å². The molecule has 5 heteroatoms. The van der Waals surface area contributed by atoms with Gasteiger partial charge < -0.3 is 9.90 Å². The summed E-state index contributed by atoms with van der Waals surface area (Å²) in [6, 6.07) is 8.50.